The molecule has 3 saturated heterocycles. The zero-order valence-corrected chi connectivity index (χ0v) is 21.6. The van der Waals surface area contributed by atoms with Crippen LogP contribution in [0.15, 0.2) is 30.3 Å². The predicted octanol–water partition coefficient (Wildman–Crippen LogP) is 2.40. The molecule has 3 amide bonds. The van der Waals surface area contributed by atoms with Crippen molar-refractivity contribution in [2.24, 2.45) is 0 Å². The van der Waals surface area contributed by atoms with Crippen molar-refractivity contribution < 1.29 is 14.4 Å². The summed E-state index contributed by atoms with van der Waals surface area (Å²) in [4.78, 5) is 49.7. The smallest absolute Gasteiger partial charge is 0.250 e. The van der Waals surface area contributed by atoms with Gasteiger partial charge in [-0.05, 0) is 64.4 Å². The molecule has 0 aromatic heterocycles. The maximum atomic E-state index is 13.9. The number of likely N-dealkylation sites (N-methyl/N-ethyl adjacent to an activating group) is 1. The van der Waals surface area contributed by atoms with Crippen molar-refractivity contribution in [2.45, 2.75) is 63.5 Å². The lowest BCUT2D eigenvalue weighted by Crippen LogP contribution is -2.57. The van der Waals surface area contributed by atoms with Crippen molar-refractivity contribution in [2.75, 3.05) is 58.4 Å². The number of hydrogen-bond donors (Lipinski definition) is 0. The maximum absolute atomic E-state index is 13.9. The summed E-state index contributed by atoms with van der Waals surface area (Å²) in [6.45, 7) is 5.73. The standard InChI is InChI=1S/C27H41N5O3/c1-4-5-11-24(33)30-18-14-27(15-19-30)26(35)31(21-32(27)23-9-7-6-8-10-23)20-25(34)29(3)22-12-16-28(2)17-13-22/h6-10,22H,4-5,11-21H2,1-3H3. The lowest BCUT2D eigenvalue weighted by Gasteiger charge is -2.43. The molecule has 0 unspecified atom stereocenters. The first-order chi connectivity index (χ1) is 16.9. The van der Waals surface area contributed by atoms with E-state index in [1.165, 1.54) is 0 Å². The quantitative estimate of drug-likeness (QED) is 0.596. The van der Waals surface area contributed by atoms with E-state index in [0.717, 1.165) is 44.5 Å². The van der Waals surface area contributed by atoms with Crippen LogP contribution in [-0.4, -0.2) is 102 Å². The van der Waals surface area contributed by atoms with Crippen LogP contribution < -0.4 is 4.90 Å². The van der Waals surface area contributed by atoms with Crippen LogP contribution in [0.3, 0.4) is 0 Å². The SMILES string of the molecule is CCCCC(=O)N1CCC2(CC1)C(=O)N(CC(=O)N(C)C1CCN(C)CC1)CN2c1ccccc1. The van der Waals surface area contributed by atoms with E-state index in [1.807, 2.05) is 47.2 Å². The highest BCUT2D eigenvalue weighted by Gasteiger charge is 2.54. The molecule has 1 spiro atoms. The van der Waals surface area contributed by atoms with Crippen LogP contribution in [0.4, 0.5) is 5.69 Å². The van der Waals surface area contributed by atoms with Crippen LogP contribution in [0.5, 0.6) is 0 Å². The fourth-order valence-corrected chi connectivity index (χ4v) is 5.80. The molecule has 0 bridgehead atoms. The molecule has 0 aliphatic carbocycles. The number of carbonyl (C=O) groups excluding carboxylic acids is 3. The van der Waals surface area contributed by atoms with Gasteiger partial charge in [-0.3, -0.25) is 14.4 Å². The fourth-order valence-electron chi connectivity index (χ4n) is 5.80. The van der Waals surface area contributed by atoms with Gasteiger partial charge in [-0.25, -0.2) is 0 Å². The molecule has 0 saturated carbocycles. The average molecular weight is 484 g/mol. The molecule has 0 N–H and O–H groups in total. The molecule has 3 aliphatic heterocycles. The maximum Gasteiger partial charge on any atom is 0.250 e. The first kappa shape index (κ1) is 25.5. The lowest BCUT2D eigenvalue weighted by molar-refractivity contribution is -0.142. The molecule has 8 heteroatoms. The first-order valence-corrected chi connectivity index (χ1v) is 13.2. The number of piperidine rings is 2. The van der Waals surface area contributed by atoms with Crippen LogP contribution in [-0.2, 0) is 14.4 Å². The Labute approximate surface area is 209 Å². The van der Waals surface area contributed by atoms with Crippen LogP contribution in [0, 0.1) is 0 Å². The molecule has 192 valence electrons. The molecule has 4 rings (SSSR count). The number of benzene rings is 1. The van der Waals surface area contributed by atoms with Gasteiger partial charge in [0.15, 0.2) is 0 Å². The van der Waals surface area contributed by atoms with Crippen LogP contribution in [0.1, 0.15) is 51.9 Å². The number of unbranched alkanes of at least 4 members (excludes halogenated alkanes) is 1. The number of nitrogens with zero attached hydrogens (tertiary/aromatic N) is 5. The van der Waals surface area contributed by atoms with E-state index < -0.39 is 5.54 Å². The third-order valence-electron chi connectivity index (χ3n) is 8.22. The zero-order valence-electron chi connectivity index (χ0n) is 21.6. The van der Waals surface area contributed by atoms with Crippen molar-refractivity contribution in [3.05, 3.63) is 30.3 Å². The highest BCUT2D eigenvalue weighted by Crippen LogP contribution is 2.39. The lowest BCUT2D eigenvalue weighted by atomic mass is 9.85. The zero-order chi connectivity index (χ0) is 25.0. The Morgan fingerprint density at radius 1 is 1.06 bits per heavy atom. The second kappa shape index (κ2) is 11.0. The van der Waals surface area contributed by atoms with Gasteiger partial charge in [0, 0.05) is 38.3 Å². The van der Waals surface area contributed by atoms with E-state index in [1.54, 1.807) is 4.90 Å². The van der Waals surface area contributed by atoms with Gasteiger partial charge < -0.3 is 24.5 Å². The molecule has 0 atom stereocenters. The Morgan fingerprint density at radius 3 is 2.34 bits per heavy atom. The van der Waals surface area contributed by atoms with E-state index in [2.05, 4.69) is 23.8 Å². The highest BCUT2D eigenvalue weighted by atomic mass is 16.2. The number of rotatable bonds is 7. The summed E-state index contributed by atoms with van der Waals surface area (Å²) in [7, 11) is 3.99. The largest absolute Gasteiger partial charge is 0.342 e. The van der Waals surface area contributed by atoms with Crippen molar-refractivity contribution in [3.8, 4) is 0 Å². The Balaban J connectivity index is 1.48. The predicted molar refractivity (Wildman–Crippen MR) is 137 cm³/mol. The van der Waals surface area contributed by atoms with Gasteiger partial charge in [0.25, 0.3) is 5.91 Å². The number of hydrogen-bond acceptors (Lipinski definition) is 5. The molecule has 0 radical (unpaired) electrons. The van der Waals surface area contributed by atoms with Crippen molar-refractivity contribution in [3.63, 3.8) is 0 Å². The summed E-state index contributed by atoms with van der Waals surface area (Å²) in [6.07, 6.45) is 5.59. The van der Waals surface area contributed by atoms with Crippen LogP contribution >= 0.6 is 0 Å². The summed E-state index contributed by atoms with van der Waals surface area (Å²) in [5.41, 5.74) is 0.292. The van der Waals surface area contributed by atoms with Gasteiger partial charge in [0.1, 0.15) is 12.1 Å². The van der Waals surface area contributed by atoms with Gasteiger partial charge in [-0.1, -0.05) is 31.5 Å². The van der Waals surface area contributed by atoms with E-state index in [0.29, 0.717) is 39.0 Å². The van der Waals surface area contributed by atoms with Crippen LogP contribution in [0.2, 0.25) is 0 Å². The molecule has 3 heterocycles. The minimum atomic E-state index is -0.699. The Hall–Kier alpha value is -2.61. The van der Waals surface area contributed by atoms with E-state index >= 15 is 0 Å². The van der Waals surface area contributed by atoms with E-state index in [4.69, 9.17) is 0 Å². The molecule has 1 aromatic rings. The third kappa shape index (κ3) is 5.32. The van der Waals surface area contributed by atoms with E-state index in [-0.39, 0.29) is 30.3 Å². The van der Waals surface area contributed by atoms with Gasteiger partial charge in [-0.15, -0.1) is 0 Å². The number of carbonyl (C=O) groups is 3. The Morgan fingerprint density at radius 2 is 1.71 bits per heavy atom. The van der Waals surface area contributed by atoms with Gasteiger partial charge >= 0.3 is 0 Å². The third-order valence-corrected chi connectivity index (χ3v) is 8.22. The number of anilines is 1. The van der Waals surface area contributed by atoms with E-state index in [9.17, 15) is 14.4 Å². The second-order valence-electron chi connectivity index (χ2n) is 10.5. The molecule has 3 aliphatic rings. The molecule has 8 nitrogen and oxygen atoms in total. The molecular formula is C27H41N5O3. The average Bonchev–Trinajstić information content (AvgIpc) is 3.14. The van der Waals surface area contributed by atoms with Crippen LogP contribution in [0.25, 0.3) is 0 Å². The minimum absolute atomic E-state index is 0.00476. The number of amides is 3. The van der Waals surface area contributed by atoms with Gasteiger partial charge in [0.05, 0.1) is 6.67 Å². The second-order valence-corrected chi connectivity index (χ2v) is 10.5. The molecule has 1 aromatic carbocycles. The van der Waals surface area contributed by atoms with Gasteiger partial charge in [-0.2, -0.15) is 0 Å². The molecule has 35 heavy (non-hydrogen) atoms. The normalized spacial score (nSPS) is 21.1. The van der Waals surface area contributed by atoms with Crippen molar-refractivity contribution in [1.29, 1.82) is 0 Å². The Bertz CT molecular complexity index is 891. The fraction of sp³-hybridized carbons (Fsp3) is 0.667. The monoisotopic (exact) mass is 483 g/mol. The Kier molecular flexibility index (Phi) is 7.99. The summed E-state index contributed by atoms with van der Waals surface area (Å²) < 4.78 is 0. The first-order valence-electron chi connectivity index (χ1n) is 13.2. The highest BCUT2D eigenvalue weighted by molar-refractivity contribution is 5.96. The molecular weight excluding hydrogens is 442 g/mol. The van der Waals surface area contributed by atoms with Crippen molar-refractivity contribution >= 4 is 23.4 Å². The summed E-state index contributed by atoms with van der Waals surface area (Å²) in [5.74, 6) is 0.211. The summed E-state index contributed by atoms with van der Waals surface area (Å²) in [5, 5.41) is 0. The van der Waals surface area contributed by atoms with Gasteiger partial charge in [0.2, 0.25) is 11.8 Å². The number of likely N-dealkylation sites (tertiary alicyclic amines) is 2. The number of para-hydroxylation sites is 1. The molecule has 3 fully saturated rings. The minimum Gasteiger partial charge on any atom is -0.342 e. The van der Waals surface area contributed by atoms with Crippen molar-refractivity contribution in [1.82, 2.24) is 19.6 Å². The summed E-state index contributed by atoms with van der Waals surface area (Å²) in [6, 6.07) is 10.2. The topological polar surface area (TPSA) is 67.4 Å². The summed E-state index contributed by atoms with van der Waals surface area (Å²) >= 11 is 0.